The van der Waals surface area contributed by atoms with Gasteiger partial charge in [-0.1, -0.05) is 13.8 Å². The molecule has 0 aromatic carbocycles. The molecular formula is C14H22N4O5. The van der Waals surface area contributed by atoms with Gasteiger partial charge in [0.25, 0.3) is 0 Å². The largest absolute Gasteiger partial charge is 0.458 e. The van der Waals surface area contributed by atoms with Crippen LogP contribution in [0.5, 0.6) is 0 Å². The highest BCUT2D eigenvalue weighted by Gasteiger charge is 2.39. The second-order valence-corrected chi connectivity index (χ2v) is 5.83. The molecule has 1 aliphatic heterocycles. The van der Waals surface area contributed by atoms with Crippen molar-refractivity contribution in [3.63, 3.8) is 0 Å². The molecule has 0 amide bonds. The minimum absolute atomic E-state index is 0.0721. The average Bonchev–Trinajstić information content (AvgIpc) is 2.88. The van der Waals surface area contributed by atoms with E-state index in [9.17, 15) is 14.7 Å². The van der Waals surface area contributed by atoms with Gasteiger partial charge in [0.05, 0.1) is 6.61 Å². The van der Waals surface area contributed by atoms with Crippen LogP contribution in [-0.2, 0) is 14.3 Å². The van der Waals surface area contributed by atoms with Crippen LogP contribution in [-0.4, -0.2) is 45.5 Å². The number of anilines is 1. The van der Waals surface area contributed by atoms with Gasteiger partial charge in [0.15, 0.2) is 0 Å². The fourth-order valence-corrected chi connectivity index (χ4v) is 2.30. The second kappa shape index (κ2) is 7.07. The van der Waals surface area contributed by atoms with Crippen LogP contribution in [0.3, 0.4) is 0 Å². The van der Waals surface area contributed by atoms with Crippen molar-refractivity contribution < 1.29 is 19.4 Å². The first kappa shape index (κ1) is 17.4. The minimum Gasteiger partial charge on any atom is -0.458 e. The first-order valence-electron chi connectivity index (χ1n) is 7.40. The lowest BCUT2D eigenvalue weighted by Crippen LogP contribution is -2.41. The fraction of sp³-hybridized carbons (Fsp3) is 0.643. The molecule has 1 aromatic heterocycles. The Kier molecular flexibility index (Phi) is 5.34. The number of aromatic nitrogens is 2. The quantitative estimate of drug-likeness (QED) is 0.585. The molecule has 5 N–H and O–H groups in total. The van der Waals surface area contributed by atoms with Gasteiger partial charge < -0.3 is 26.0 Å². The SMILES string of the molecule is CC(C)C(N)C(=O)O[C@@H]1C[C@H](n2ccc(N)nc2=O)O[C@H]1CO. The number of nitrogens with two attached hydrogens (primary N) is 2. The predicted molar refractivity (Wildman–Crippen MR) is 81.2 cm³/mol. The van der Waals surface area contributed by atoms with Crippen molar-refractivity contribution in [3.05, 3.63) is 22.7 Å². The van der Waals surface area contributed by atoms with Gasteiger partial charge in [0.2, 0.25) is 0 Å². The number of hydrogen-bond acceptors (Lipinski definition) is 8. The molecule has 0 radical (unpaired) electrons. The lowest BCUT2D eigenvalue weighted by Gasteiger charge is -2.20. The molecular weight excluding hydrogens is 304 g/mol. The highest BCUT2D eigenvalue weighted by atomic mass is 16.6. The van der Waals surface area contributed by atoms with Crippen molar-refractivity contribution in [2.45, 2.75) is 44.7 Å². The summed E-state index contributed by atoms with van der Waals surface area (Å²) < 4.78 is 12.2. The van der Waals surface area contributed by atoms with Crippen molar-refractivity contribution in [1.82, 2.24) is 9.55 Å². The topological polar surface area (TPSA) is 143 Å². The van der Waals surface area contributed by atoms with Crippen LogP contribution in [0.15, 0.2) is 17.1 Å². The number of aliphatic hydroxyl groups excluding tert-OH is 1. The van der Waals surface area contributed by atoms with E-state index in [1.807, 2.05) is 13.8 Å². The number of nitrogen functional groups attached to an aromatic ring is 1. The zero-order valence-corrected chi connectivity index (χ0v) is 13.1. The van der Waals surface area contributed by atoms with Gasteiger partial charge in [-0.3, -0.25) is 9.36 Å². The Morgan fingerprint density at radius 3 is 2.87 bits per heavy atom. The van der Waals surface area contributed by atoms with Crippen LogP contribution in [0.4, 0.5) is 5.82 Å². The van der Waals surface area contributed by atoms with E-state index in [1.165, 1.54) is 16.8 Å². The molecule has 23 heavy (non-hydrogen) atoms. The number of ether oxygens (including phenoxy) is 2. The molecule has 0 bridgehead atoms. The fourth-order valence-electron chi connectivity index (χ4n) is 2.30. The number of rotatable bonds is 5. The summed E-state index contributed by atoms with van der Waals surface area (Å²) >= 11 is 0. The highest BCUT2D eigenvalue weighted by Crippen LogP contribution is 2.30. The van der Waals surface area contributed by atoms with Gasteiger partial charge in [-0.2, -0.15) is 4.98 Å². The van der Waals surface area contributed by atoms with Crippen molar-refractivity contribution in [2.75, 3.05) is 12.3 Å². The van der Waals surface area contributed by atoms with Crippen LogP contribution >= 0.6 is 0 Å². The van der Waals surface area contributed by atoms with E-state index >= 15 is 0 Å². The summed E-state index contributed by atoms with van der Waals surface area (Å²) in [5, 5.41) is 9.40. The van der Waals surface area contributed by atoms with E-state index in [2.05, 4.69) is 4.98 Å². The van der Waals surface area contributed by atoms with E-state index in [0.717, 1.165) is 0 Å². The Morgan fingerprint density at radius 2 is 2.30 bits per heavy atom. The van der Waals surface area contributed by atoms with Crippen LogP contribution in [0, 0.1) is 5.92 Å². The summed E-state index contributed by atoms with van der Waals surface area (Å²) in [4.78, 5) is 27.4. The zero-order valence-electron chi connectivity index (χ0n) is 13.1. The van der Waals surface area contributed by atoms with Gasteiger partial charge in [0, 0.05) is 12.6 Å². The maximum Gasteiger partial charge on any atom is 0.351 e. The van der Waals surface area contributed by atoms with E-state index in [4.69, 9.17) is 20.9 Å². The third-order valence-electron chi connectivity index (χ3n) is 3.78. The van der Waals surface area contributed by atoms with Gasteiger partial charge in [0.1, 0.15) is 30.3 Å². The van der Waals surface area contributed by atoms with Crippen molar-refractivity contribution in [2.24, 2.45) is 11.7 Å². The standard InChI is InChI=1S/C14H22N4O5/c1-7(2)12(16)13(20)23-8-5-11(22-9(8)6-19)18-4-3-10(15)17-14(18)21/h3-4,7-9,11-12,19H,5-6,16H2,1-2H3,(H2,15,17,21)/t8-,9+,11-,12?/m1/s1. The van der Waals surface area contributed by atoms with Crippen LogP contribution < -0.4 is 17.2 Å². The lowest BCUT2D eigenvalue weighted by molar-refractivity contribution is -0.155. The van der Waals surface area contributed by atoms with Gasteiger partial charge >= 0.3 is 11.7 Å². The molecule has 0 spiro atoms. The molecule has 1 unspecified atom stereocenters. The molecule has 2 rings (SSSR count). The maximum absolute atomic E-state index is 12.0. The molecule has 1 saturated heterocycles. The number of carbonyl (C=O) groups excluding carboxylic acids is 1. The van der Waals surface area contributed by atoms with Crippen molar-refractivity contribution in [3.8, 4) is 0 Å². The van der Waals surface area contributed by atoms with Crippen molar-refractivity contribution >= 4 is 11.8 Å². The molecule has 4 atom stereocenters. The summed E-state index contributed by atoms with van der Waals surface area (Å²) in [5.74, 6) is -0.526. The van der Waals surface area contributed by atoms with E-state index < -0.39 is 36.1 Å². The van der Waals surface area contributed by atoms with E-state index in [1.54, 1.807) is 0 Å². The summed E-state index contributed by atoms with van der Waals surface area (Å²) in [6.07, 6.45) is -0.443. The second-order valence-electron chi connectivity index (χ2n) is 5.83. The summed E-state index contributed by atoms with van der Waals surface area (Å²) in [7, 11) is 0. The molecule has 9 heteroatoms. The molecule has 2 heterocycles. The lowest BCUT2D eigenvalue weighted by atomic mass is 10.1. The molecule has 1 fully saturated rings. The Labute approximate surface area is 133 Å². The summed E-state index contributed by atoms with van der Waals surface area (Å²) in [5.41, 5.74) is 10.6. The summed E-state index contributed by atoms with van der Waals surface area (Å²) in [6, 6.07) is 0.710. The van der Waals surface area contributed by atoms with Gasteiger partial charge in [-0.25, -0.2) is 4.79 Å². The minimum atomic E-state index is -0.755. The molecule has 0 aliphatic carbocycles. The number of aliphatic hydroxyl groups is 1. The maximum atomic E-state index is 12.0. The molecule has 1 aliphatic rings. The Morgan fingerprint density at radius 1 is 1.61 bits per heavy atom. The van der Waals surface area contributed by atoms with Crippen LogP contribution in [0.2, 0.25) is 0 Å². The van der Waals surface area contributed by atoms with Gasteiger partial charge in [-0.05, 0) is 12.0 Å². The molecule has 0 saturated carbocycles. The van der Waals surface area contributed by atoms with Crippen LogP contribution in [0.25, 0.3) is 0 Å². The molecule has 1 aromatic rings. The van der Waals surface area contributed by atoms with Crippen LogP contribution in [0.1, 0.15) is 26.5 Å². The number of nitrogens with zero attached hydrogens (tertiary/aromatic N) is 2. The normalized spacial score (nSPS) is 25.5. The zero-order chi connectivity index (χ0) is 17.1. The Bertz CT molecular complexity index is 617. The molecule has 9 nitrogen and oxygen atoms in total. The monoisotopic (exact) mass is 326 g/mol. The predicted octanol–water partition coefficient (Wildman–Crippen LogP) is -1.000. The third-order valence-corrected chi connectivity index (χ3v) is 3.78. The van der Waals surface area contributed by atoms with E-state index in [-0.39, 0.29) is 24.8 Å². The van der Waals surface area contributed by atoms with E-state index in [0.29, 0.717) is 0 Å². The number of hydrogen-bond donors (Lipinski definition) is 3. The summed E-state index contributed by atoms with van der Waals surface area (Å²) in [6.45, 7) is 3.27. The highest BCUT2D eigenvalue weighted by molar-refractivity contribution is 5.76. The average molecular weight is 326 g/mol. The first-order chi connectivity index (χ1) is 10.8. The van der Waals surface area contributed by atoms with Gasteiger partial charge in [-0.15, -0.1) is 0 Å². The molecule has 128 valence electrons. The first-order valence-corrected chi connectivity index (χ1v) is 7.40. The third kappa shape index (κ3) is 3.87. The number of carbonyl (C=O) groups is 1. The smallest absolute Gasteiger partial charge is 0.351 e. The van der Waals surface area contributed by atoms with Crippen molar-refractivity contribution in [1.29, 1.82) is 0 Å². The number of esters is 1. The Hall–Kier alpha value is -1.97. The Balaban J connectivity index is 2.11.